The van der Waals surface area contributed by atoms with Crippen LogP contribution in [0.1, 0.15) is 21.5 Å². The van der Waals surface area contributed by atoms with E-state index in [4.69, 9.17) is 0 Å². The van der Waals surface area contributed by atoms with Crippen LogP contribution >= 0.6 is 0 Å². The average Bonchev–Trinajstić information content (AvgIpc) is 2.49. The predicted molar refractivity (Wildman–Crippen MR) is 91.2 cm³/mol. The van der Waals surface area contributed by atoms with Gasteiger partial charge in [-0.05, 0) is 43.7 Å². The summed E-state index contributed by atoms with van der Waals surface area (Å²) in [5.74, 6) is -0.239. The van der Waals surface area contributed by atoms with E-state index in [1.165, 1.54) is 11.0 Å². The molecule has 0 unspecified atom stereocenters. The zero-order valence-corrected chi connectivity index (χ0v) is 14.4. The van der Waals surface area contributed by atoms with Gasteiger partial charge in [0, 0.05) is 25.3 Å². The van der Waals surface area contributed by atoms with Crippen molar-refractivity contribution in [2.45, 2.75) is 18.7 Å². The normalized spacial score (nSPS) is 11.1. The molecule has 122 valence electrons. The quantitative estimate of drug-likeness (QED) is 0.936. The number of carbonyl (C=O) groups excluding carboxylic acids is 1. The minimum Gasteiger partial charge on any atom is -0.345 e. The Labute approximate surface area is 137 Å². The fraction of sp³-hybridized carbons (Fsp3) is 0.235. The topological polar surface area (TPSA) is 66.5 Å². The maximum Gasteiger partial charge on any atom is 0.262 e. The Balaban J connectivity index is 2.40. The van der Waals surface area contributed by atoms with Gasteiger partial charge in [0.05, 0.1) is 4.90 Å². The van der Waals surface area contributed by atoms with Gasteiger partial charge in [0.15, 0.2) is 0 Å². The molecule has 0 heterocycles. The van der Waals surface area contributed by atoms with Crippen LogP contribution in [0.15, 0.2) is 47.4 Å². The highest BCUT2D eigenvalue weighted by Gasteiger charge is 2.19. The summed E-state index contributed by atoms with van der Waals surface area (Å²) in [6.07, 6.45) is 0. The molecular formula is C17H20N2O3S. The number of rotatable bonds is 4. The number of amides is 1. The number of anilines is 1. The molecule has 0 aliphatic heterocycles. The number of aryl methyl sites for hydroxylation is 2. The van der Waals surface area contributed by atoms with E-state index in [9.17, 15) is 13.2 Å². The predicted octanol–water partition coefficient (Wildman–Crippen LogP) is 2.81. The van der Waals surface area contributed by atoms with Gasteiger partial charge >= 0.3 is 0 Å². The molecule has 1 amide bonds. The SMILES string of the molecule is Cc1ccc(NS(=O)(=O)c2cc(C(=O)N(C)C)ccc2C)cc1. The number of hydrogen-bond donors (Lipinski definition) is 1. The number of nitrogens with zero attached hydrogens (tertiary/aromatic N) is 1. The first-order chi connectivity index (χ1) is 10.7. The van der Waals surface area contributed by atoms with Crippen LogP contribution in [0.4, 0.5) is 5.69 Å². The van der Waals surface area contributed by atoms with Gasteiger partial charge in [0.2, 0.25) is 0 Å². The largest absolute Gasteiger partial charge is 0.345 e. The highest BCUT2D eigenvalue weighted by Crippen LogP contribution is 2.21. The number of hydrogen-bond acceptors (Lipinski definition) is 3. The van der Waals surface area contributed by atoms with E-state index in [0.29, 0.717) is 16.8 Å². The summed E-state index contributed by atoms with van der Waals surface area (Å²) in [5, 5.41) is 0. The van der Waals surface area contributed by atoms with Crippen molar-refractivity contribution in [3.63, 3.8) is 0 Å². The standard InChI is InChI=1S/C17H20N2O3S/c1-12-5-9-15(10-6-12)18-23(21,22)16-11-14(8-7-13(16)2)17(20)19(3)4/h5-11,18H,1-4H3. The van der Waals surface area contributed by atoms with Crippen molar-refractivity contribution in [3.05, 3.63) is 59.2 Å². The van der Waals surface area contributed by atoms with Crippen molar-refractivity contribution in [3.8, 4) is 0 Å². The zero-order chi connectivity index (χ0) is 17.2. The van der Waals surface area contributed by atoms with Crippen LogP contribution < -0.4 is 4.72 Å². The molecule has 0 aromatic heterocycles. The molecule has 2 aromatic rings. The molecule has 0 spiro atoms. The fourth-order valence-corrected chi connectivity index (χ4v) is 3.44. The lowest BCUT2D eigenvalue weighted by molar-refractivity contribution is 0.0827. The highest BCUT2D eigenvalue weighted by molar-refractivity contribution is 7.92. The van der Waals surface area contributed by atoms with E-state index in [1.54, 1.807) is 45.3 Å². The number of nitrogens with one attached hydrogen (secondary N) is 1. The molecule has 0 radical (unpaired) electrons. The summed E-state index contributed by atoms with van der Waals surface area (Å²) >= 11 is 0. The minimum absolute atomic E-state index is 0.103. The van der Waals surface area contributed by atoms with Crippen molar-refractivity contribution in [1.29, 1.82) is 0 Å². The molecule has 0 aliphatic rings. The third-order valence-corrected chi connectivity index (χ3v) is 4.96. The zero-order valence-electron chi connectivity index (χ0n) is 13.6. The second-order valence-corrected chi connectivity index (χ2v) is 7.30. The molecular weight excluding hydrogens is 312 g/mol. The average molecular weight is 332 g/mol. The summed E-state index contributed by atoms with van der Waals surface area (Å²) in [7, 11) is -0.507. The first kappa shape index (κ1) is 17.0. The smallest absolute Gasteiger partial charge is 0.262 e. The lowest BCUT2D eigenvalue weighted by atomic mass is 10.1. The Hall–Kier alpha value is -2.34. The maximum absolute atomic E-state index is 12.6. The molecule has 0 aliphatic carbocycles. The summed E-state index contributed by atoms with van der Waals surface area (Å²) < 4.78 is 27.8. The summed E-state index contributed by atoms with van der Waals surface area (Å²) in [6.45, 7) is 3.63. The summed E-state index contributed by atoms with van der Waals surface area (Å²) in [6, 6.07) is 11.7. The number of sulfonamides is 1. The second kappa shape index (κ2) is 6.42. The third-order valence-electron chi connectivity index (χ3n) is 3.43. The fourth-order valence-electron chi connectivity index (χ4n) is 2.11. The van der Waals surface area contributed by atoms with Crippen molar-refractivity contribution in [2.75, 3.05) is 18.8 Å². The van der Waals surface area contributed by atoms with Crippen molar-refractivity contribution in [2.24, 2.45) is 0 Å². The molecule has 2 rings (SSSR count). The van der Waals surface area contributed by atoms with Gasteiger partial charge < -0.3 is 4.90 Å². The van der Waals surface area contributed by atoms with Crippen molar-refractivity contribution in [1.82, 2.24) is 4.90 Å². The van der Waals surface area contributed by atoms with Gasteiger partial charge in [0.1, 0.15) is 0 Å². The van der Waals surface area contributed by atoms with E-state index in [0.717, 1.165) is 5.56 Å². The van der Waals surface area contributed by atoms with Crippen LogP contribution in [0.25, 0.3) is 0 Å². The maximum atomic E-state index is 12.6. The Morgan fingerprint density at radius 2 is 1.61 bits per heavy atom. The van der Waals surface area contributed by atoms with Crippen molar-refractivity contribution >= 4 is 21.6 Å². The molecule has 0 atom stereocenters. The van der Waals surface area contributed by atoms with Gasteiger partial charge in [0.25, 0.3) is 15.9 Å². The molecule has 2 aromatic carbocycles. The molecule has 0 saturated carbocycles. The monoisotopic (exact) mass is 332 g/mol. The Morgan fingerprint density at radius 1 is 1.00 bits per heavy atom. The van der Waals surface area contributed by atoms with Gasteiger partial charge in [-0.15, -0.1) is 0 Å². The lowest BCUT2D eigenvalue weighted by Gasteiger charge is -2.14. The third kappa shape index (κ3) is 3.90. The molecule has 0 fully saturated rings. The Bertz CT molecular complexity index is 825. The van der Waals surface area contributed by atoms with Crippen LogP contribution in [0.2, 0.25) is 0 Å². The Kier molecular flexibility index (Phi) is 4.75. The first-order valence-corrected chi connectivity index (χ1v) is 8.61. The van der Waals surface area contributed by atoms with Crippen LogP contribution in [-0.2, 0) is 10.0 Å². The van der Waals surface area contributed by atoms with Crippen LogP contribution in [0, 0.1) is 13.8 Å². The van der Waals surface area contributed by atoms with Crippen LogP contribution in [-0.4, -0.2) is 33.3 Å². The first-order valence-electron chi connectivity index (χ1n) is 7.12. The lowest BCUT2D eigenvalue weighted by Crippen LogP contribution is -2.22. The number of benzene rings is 2. The van der Waals surface area contributed by atoms with E-state index in [1.807, 2.05) is 19.1 Å². The number of carbonyl (C=O) groups is 1. The minimum atomic E-state index is -3.76. The van der Waals surface area contributed by atoms with Gasteiger partial charge in [-0.1, -0.05) is 23.8 Å². The highest BCUT2D eigenvalue weighted by atomic mass is 32.2. The van der Waals surface area contributed by atoms with Crippen LogP contribution in [0.5, 0.6) is 0 Å². The van der Waals surface area contributed by atoms with E-state index >= 15 is 0 Å². The Morgan fingerprint density at radius 3 is 2.17 bits per heavy atom. The van der Waals surface area contributed by atoms with Crippen molar-refractivity contribution < 1.29 is 13.2 Å². The molecule has 0 saturated heterocycles. The van der Waals surface area contributed by atoms with Gasteiger partial charge in [-0.25, -0.2) is 8.42 Å². The molecule has 0 bridgehead atoms. The van der Waals surface area contributed by atoms with Gasteiger partial charge in [-0.3, -0.25) is 9.52 Å². The molecule has 6 heteroatoms. The van der Waals surface area contributed by atoms with E-state index in [-0.39, 0.29) is 10.8 Å². The summed E-state index contributed by atoms with van der Waals surface area (Å²) in [5.41, 5.74) is 2.45. The second-order valence-electron chi connectivity index (χ2n) is 5.65. The van der Waals surface area contributed by atoms with E-state index in [2.05, 4.69) is 4.72 Å². The summed E-state index contributed by atoms with van der Waals surface area (Å²) in [4.78, 5) is 13.6. The molecule has 23 heavy (non-hydrogen) atoms. The van der Waals surface area contributed by atoms with Gasteiger partial charge in [-0.2, -0.15) is 0 Å². The molecule has 5 nitrogen and oxygen atoms in total. The van der Waals surface area contributed by atoms with Crippen LogP contribution in [0.3, 0.4) is 0 Å². The molecule has 1 N–H and O–H groups in total. The van der Waals surface area contributed by atoms with E-state index < -0.39 is 10.0 Å².